The van der Waals surface area contributed by atoms with Crippen LogP contribution in [0.5, 0.6) is 0 Å². The largest absolute Gasteiger partial charge is 0.100 e. The molecule has 2 aliphatic rings. The van der Waals surface area contributed by atoms with Crippen LogP contribution >= 0.6 is 0 Å². The molecule has 2 fully saturated rings. The summed E-state index contributed by atoms with van der Waals surface area (Å²) in [6.45, 7) is 18.1. The van der Waals surface area contributed by atoms with Crippen molar-refractivity contribution in [2.24, 2.45) is 35.5 Å². The molecule has 0 aromatic rings. The van der Waals surface area contributed by atoms with Crippen molar-refractivity contribution in [2.75, 3.05) is 0 Å². The minimum absolute atomic E-state index is 0.985. The first-order valence-corrected chi connectivity index (χ1v) is 14.5. The van der Waals surface area contributed by atoms with Crippen molar-refractivity contribution in [3.8, 4) is 0 Å². The van der Waals surface area contributed by atoms with Gasteiger partial charge in [-0.05, 0) is 74.5 Å². The molecule has 31 heavy (non-hydrogen) atoms. The van der Waals surface area contributed by atoms with Crippen molar-refractivity contribution in [1.82, 2.24) is 0 Å². The number of rotatable bonds is 12. The molecule has 0 radical (unpaired) electrons. The minimum atomic E-state index is 0.985. The van der Waals surface area contributed by atoms with Gasteiger partial charge in [0, 0.05) is 0 Å². The highest BCUT2D eigenvalue weighted by Crippen LogP contribution is 2.38. The highest BCUT2D eigenvalue weighted by atomic mass is 14.3. The first-order chi connectivity index (χ1) is 14.9. The van der Waals surface area contributed by atoms with E-state index >= 15 is 0 Å². The molecule has 0 saturated heterocycles. The zero-order valence-corrected chi connectivity index (χ0v) is 22.7. The van der Waals surface area contributed by atoms with Crippen LogP contribution in [0.4, 0.5) is 0 Å². The fraction of sp³-hybridized carbons (Fsp3) is 0.935. The third-order valence-electron chi connectivity index (χ3n) is 8.90. The summed E-state index contributed by atoms with van der Waals surface area (Å²) >= 11 is 0. The predicted octanol–water partition coefficient (Wildman–Crippen LogP) is 11.0. The van der Waals surface area contributed by atoms with Gasteiger partial charge >= 0.3 is 0 Å². The minimum Gasteiger partial charge on any atom is -0.100 e. The van der Waals surface area contributed by atoms with Crippen LogP contribution in [0.25, 0.3) is 0 Å². The lowest BCUT2D eigenvalue weighted by atomic mass is 9.72. The third-order valence-corrected chi connectivity index (χ3v) is 8.90. The summed E-state index contributed by atoms with van der Waals surface area (Å²) < 4.78 is 0. The first kappa shape index (κ1) is 28.8. The molecule has 184 valence electrons. The van der Waals surface area contributed by atoms with Crippen LogP contribution in [-0.2, 0) is 0 Å². The van der Waals surface area contributed by atoms with Gasteiger partial charge in [0.25, 0.3) is 0 Å². The van der Waals surface area contributed by atoms with E-state index in [0.717, 1.165) is 35.5 Å². The molecular weight excluding hydrogens is 372 g/mol. The Morgan fingerprint density at radius 2 is 1.35 bits per heavy atom. The second kappa shape index (κ2) is 17.2. The van der Waals surface area contributed by atoms with Crippen LogP contribution in [0.2, 0.25) is 0 Å². The lowest BCUT2D eigenvalue weighted by molar-refractivity contribution is 0.178. The Kier molecular flexibility index (Phi) is 16.0. The van der Waals surface area contributed by atoms with Crippen molar-refractivity contribution in [3.05, 3.63) is 12.2 Å². The summed E-state index contributed by atoms with van der Waals surface area (Å²) in [5, 5.41) is 0. The summed E-state index contributed by atoms with van der Waals surface area (Å²) in [4.78, 5) is 0. The van der Waals surface area contributed by atoms with Crippen molar-refractivity contribution < 1.29 is 0 Å². The molecule has 2 saturated carbocycles. The number of hydrogen-bond donors (Lipinski definition) is 0. The molecule has 0 amide bonds. The van der Waals surface area contributed by atoms with E-state index in [0.29, 0.717) is 0 Å². The monoisotopic (exact) mass is 432 g/mol. The highest BCUT2D eigenvalue weighted by Gasteiger charge is 2.26. The molecule has 0 aromatic heterocycles. The Morgan fingerprint density at radius 1 is 0.677 bits per heavy atom. The molecule has 0 aliphatic heterocycles. The average Bonchev–Trinajstić information content (AvgIpc) is 2.75. The second-order valence-electron chi connectivity index (χ2n) is 11.7. The maximum atomic E-state index is 3.97. The molecule has 6 unspecified atom stereocenters. The highest BCUT2D eigenvalue weighted by molar-refractivity contribution is 4.87. The summed E-state index contributed by atoms with van der Waals surface area (Å²) in [5.41, 5.74) is 1.35. The standard InChI is InChI=1S/C19H36.C12H24/c1-5-19-14-13-18(15-17(19)4)12-10-8-6-7-9-11-16(2)3;1-4-6-12-9-11(5-2)8-7-10(12)3/h17-19H,2,5-15H2,1,3-4H3;10-12H,4-9H2,1-3H3. The lowest BCUT2D eigenvalue weighted by Crippen LogP contribution is -2.22. The van der Waals surface area contributed by atoms with Crippen LogP contribution in [0, 0.1) is 35.5 Å². The van der Waals surface area contributed by atoms with Gasteiger partial charge in [-0.3, -0.25) is 0 Å². The molecule has 0 N–H and O–H groups in total. The normalized spacial score (nSPS) is 31.0. The van der Waals surface area contributed by atoms with Gasteiger partial charge in [0.1, 0.15) is 0 Å². The molecular formula is C31H60. The zero-order valence-electron chi connectivity index (χ0n) is 22.7. The molecule has 0 bridgehead atoms. The Morgan fingerprint density at radius 3 is 1.97 bits per heavy atom. The fourth-order valence-electron chi connectivity index (χ4n) is 6.49. The molecule has 0 heterocycles. The van der Waals surface area contributed by atoms with Crippen LogP contribution in [0.3, 0.4) is 0 Å². The van der Waals surface area contributed by atoms with E-state index in [1.165, 1.54) is 115 Å². The zero-order chi connectivity index (χ0) is 23.1. The molecule has 2 rings (SSSR count). The van der Waals surface area contributed by atoms with Gasteiger partial charge in [-0.2, -0.15) is 0 Å². The van der Waals surface area contributed by atoms with Gasteiger partial charge in [0.15, 0.2) is 0 Å². The van der Waals surface area contributed by atoms with Crippen LogP contribution < -0.4 is 0 Å². The SMILES string of the molecule is C=C(C)CCCCCCCC1CCC(CC)C(C)C1.CCCC1CC(CC)CCC1C. The average molecular weight is 433 g/mol. The Bertz CT molecular complexity index is 435. The van der Waals surface area contributed by atoms with Gasteiger partial charge < -0.3 is 0 Å². The summed E-state index contributed by atoms with van der Waals surface area (Å²) in [6.07, 6.45) is 24.6. The van der Waals surface area contributed by atoms with Gasteiger partial charge in [0.05, 0.1) is 0 Å². The topological polar surface area (TPSA) is 0 Å². The van der Waals surface area contributed by atoms with E-state index in [1.807, 2.05) is 0 Å². The number of unbranched alkanes of at least 4 members (excludes halogenated alkanes) is 4. The van der Waals surface area contributed by atoms with E-state index in [1.54, 1.807) is 0 Å². The molecule has 2 aliphatic carbocycles. The van der Waals surface area contributed by atoms with Crippen molar-refractivity contribution >= 4 is 0 Å². The van der Waals surface area contributed by atoms with Crippen molar-refractivity contribution in [1.29, 1.82) is 0 Å². The quantitative estimate of drug-likeness (QED) is 0.212. The maximum absolute atomic E-state index is 3.97. The smallest absolute Gasteiger partial charge is 0.0326 e. The van der Waals surface area contributed by atoms with Gasteiger partial charge in [0.2, 0.25) is 0 Å². The molecule has 0 heteroatoms. The first-order valence-electron chi connectivity index (χ1n) is 14.5. The Labute approximate surface area is 198 Å². The van der Waals surface area contributed by atoms with E-state index in [2.05, 4.69) is 48.1 Å². The van der Waals surface area contributed by atoms with Crippen LogP contribution in [-0.4, -0.2) is 0 Å². The van der Waals surface area contributed by atoms with Crippen LogP contribution in [0.15, 0.2) is 12.2 Å². The van der Waals surface area contributed by atoms with E-state index in [9.17, 15) is 0 Å². The molecule has 6 atom stereocenters. The molecule has 0 nitrogen and oxygen atoms in total. The lowest BCUT2D eigenvalue weighted by Gasteiger charge is -2.33. The number of hydrogen-bond acceptors (Lipinski definition) is 0. The fourth-order valence-corrected chi connectivity index (χ4v) is 6.49. The predicted molar refractivity (Wildman–Crippen MR) is 143 cm³/mol. The van der Waals surface area contributed by atoms with E-state index < -0.39 is 0 Å². The number of allylic oxidation sites excluding steroid dienone is 1. The van der Waals surface area contributed by atoms with Gasteiger partial charge in [-0.1, -0.05) is 117 Å². The van der Waals surface area contributed by atoms with E-state index in [4.69, 9.17) is 0 Å². The Balaban J connectivity index is 0.000000343. The van der Waals surface area contributed by atoms with Gasteiger partial charge in [-0.25, -0.2) is 0 Å². The Hall–Kier alpha value is -0.260. The van der Waals surface area contributed by atoms with Gasteiger partial charge in [-0.15, -0.1) is 6.58 Å². The third kappa shape index (κ3) is 12.5. The van der Waals surface area contributed by atoms with Crippen LogP contribution in [0.1, 0.15) is 151 Å². The van der Waals surface area contributed by atoms with Crippen molar-refractivity contribution in [3.63, 3.8) is 0 Å². The summed E-state index contributed by atoms with van der Waals surface area (Å²) in [7, 11) is 0. The van der Waals surface area contributed by atoms with E-state index in [-0.39, 0.29) is 0 Å². The second-order valence-corrected chi connectivity index (χ2v) is 11.7. The summed E-state index contributed by atoms with van der Waals surface area (Å²) in [5.74, 6) is 6.17. The summed E-state index contributed by atoms with van der Waals surface area (Å²) in [6, 6.07) is 0. The van der Waals surface area contributed by atoms with Crippen molar-refractivity contribution in [2.45, 2.75) is 151 Å². The maximum Gasteiger partial charge on any atom is -0.0326 e. The molecule has 0 spiro atoms. The molecule has 0 aromatic carbocycles.